The largest absolute Gasteiger partial charge is 0.398 e. The summed E-state index contributed by atoms with van der Waals surface area (Å²) < 4.78 is 11.9. The predicted molar refractivity (Wildman–Crippen MR) is 67.1 cm³/mol. The minimum absolute atomic E-state index is 0.563. The number of hydrogen-bond acceptors (Lipinski definition) is 3. The minimum Gasteiger partial charge on any atom is -0.398 e. The van der Waals surface area contributed by atoms with Gasteiger partial charge in [0.2, 0.25) is 0 Å². The monoisotopic (exact) mass is 285 g/mol. The van der Waals surface area contributed by atoms with E-state index >= 15 is 0 Å². The van der Waals surface area contributed by atoms with Crippen molar-refractivity contribution in [3.05, 3.63) is 28.2 Å². The summed E-state index contributed by atoms with van der Waals surface area (Å²) in [6.07, 6.45) is 1.11. The zero-order valence-corrected chi connectivity index (χ0v) is 10.7. The highest BCUT2D eigenvalue weighted by atomic mass is 79.9. The van der Waals surface area contributed by atoms with E-state index < -0.39 is 0 Å². The van der Waals surface area contributed by atoms with Crippen LogP contribution in [0.25, 0.3) is 0 Å². The van der Waals surface area contributed by atoms with E-state index in [2.05, 4.69) is 15.9 Å². The average molecular weight is 286 g/mol. The highest BCUT2D eigenvalue weighted by Gasteiger charge is 2.15. The fraction of sp³-hybridized carbons (Fsp3) is 0.500. The van der Waals surface area contributed by atoms with Gasteiger partial charge in [0.25, 0.3) is 0 Å². The highest BCUT2D eigenvalue weighted by molar-refractivity contribution is 9.10. The van der Waals surface area contributed by atoms with Crippen molar-refractivity contribution in [2.45, 2.75) is 13.0 Å². The fourth-order valence-electron chi connectivity index (χ4n) is 1.74. The lowest BCUT2D eigenvalue weighted by atomic mass is 10.1. The summed E-state index contributed by atoms with van der Waals surface area (Å²) in [5.74, 6) is 0.563. The van der Waals surface area contributed by atoms with Crippen molar-refractivity contribution >= 4 is 21.6 Å². The highest BCUT2D eigenvalue weighted by Crippen LogP contribution is 2.21. The smallest absolute Gasteiger partial charge is 0.0717 e. The Morgan fingerprint density at radius 3 is 3.06 bits per heavy atom. The fourth-order valence-corrected chi connectivity index (χ4v) is 1.99. The number of anilines is 1. The molecule has 1 aliphatic heterocycles. The van der Waals surface area contributed by atoms with Crippen LogP contribution in [-0.4, -0.2) is 19.8 Å². The predicted octanol–water partition coefficient (Wildman–Crippen LogP) is 2.58. The van der Waals surface area contributed by atoms with E-state index in [0.29, 0.717) is 12.5 Å². The molecule has 16 heavy (non-hydrogen) atoms. The third-order valence-corrected chi connectivity index (χ3v) is 3.43. The molecule has 0 amide bonds. The van der Waals surface area contributed by atoms with E-state index in [9.17, 15) is 0 Å². The number of rotatable bonds is 4. The molecule has 4 heteroatoms. The Morgan fingerprint density at radius 2 is 2.38 bits per heavy atom. The molecule has 1 fully saturated rings. The van der Waals surface area contributed by atoms with E-state index in [1.807, 2.05) is 18.2 Å². The van der Waals surface area contributed by atoms with Gasteiger partial charge in [0.1, 0.15) is 0 Å². The molecule has 1 unspecified atom stereocenters. The maximum Gasteiger partial charge on any atom is 0.0717 e. The van der Waals surface area contributed by atoms with Crippen LogP contribution in [0.4, 0.5) is 5.69 Å². The van der Waals surface area contributed by atoms with Gasteiger partial charge in [-0.05, 0) is 40.0 Å². The molecule has 1 aromatic rings. The third kappa shape index (κ3) is 3.20. The number of nitrogen functional groups attached to an aromatic ring is 1. The minimum atomic E-state index is 0.563. The summed E-state index contributed by atoms with van der Waals surface area (Å²) >= 11 is 3.37. The van der Waals surface area contributed by atoms with E-state index in [1.165, 1.54) is 0 Å². The molecule has 88 valence electrons. The second-order valence-electron chi connectivity index (χ2n) is 4.10. The average Bonchev–Trinajstić information content (AvgIpc) is 2.76. The molecule has 1 aromatic carbocycles. The molecule has 0 saturated carbocycles. The number of nitrogens with two attached hydrogens (primary N) is 1. The van der Waals surface area contributed by atoms with E-state index in [1.54, 1.807) is 0 Å². The van der Waals surface area contributed by atoms with Gasteiger partial charge in [-0.3, -0.25) is 0 Å². The second kappa shape index (κ2) is 5.66. The van der Waals surface area contributed by atoms with Gasteiger partial charge in [-0.2, -0.15) is 0 Å². The Morgan fingerprint density at radius 1 is 1.50 bits per heavy atom. The van der Waals surface area contributed by atoms with Gasteiger partial charge in [0, 0.05) is 22.7 Å². The van der Waals surface area contributed by atoms with E-state index in [4.69, 9.17) is 15.2 Å². The molecule has 0 bridgehead atoms. The molecule has 3 nitrogen and oxygen atoms in total. The zero-order valence-electron chi connectivity index (χ0n) is 9.12. The lowest BCUT2D eigenvalue weighted by molar-refractivity contribution is 0.0791. The first kappa shape index (κ1) is 11.9. The van der Waals surface area contributed by atoms with Crippen LogP contribution in [0.1, 0.15) is 12.0 Å². The second-order valence-corrected chi connectivity index (χ2v) is 4.95. The molecule has 2 N–H and O–H groups in total. The van der Waals surface area contributed by atoms with Crippen LogP contribution >= 0.6 is 15.9 Å². The number of hydrogen-bond donors (Lipinski definition) is 1. The summed E-state index contributed by atoms with van der Waals surface area (Å²) in [7, 11) is 0. The van der Waals surface area contributed by atoms with Crippen molar-refractivity contribution in [1.29, 1.82) is 0 Å². The van der Waals surface area contributed by atoms with Crippen molar-refractivity contribution < 1.29 is 9.47 Å². The first-order valence-electron chi connectivity index (χ1n) is 5.45. The Labute approximate surface area is 104 Å². The summed E-state index contributed by atoms with van der Waals surface area (Å²) in [6, 6.07) is 5.91. The molecule has 1 atom stereocenters. The summed E-state index contributed by atoms with van der Waals surface area (Å²) in [6.45, 7) is 3.10. The number of ether oxygens (including phenoxy) is 2. The van der Waals surface area contributed by atoms with Gasteiger partial charge in [-0.15, -0.1) is 0 Å². The van der Waals surface area contributed by atoms with Crippen LogP contribution in [0.3, 0.4) is 0 Å². The summed E-state index contributed by atoms with van der Waals surface area (Å²) in [5, 5.41) is 0. The van der Waals surface area contributed by atoms with Gasteiger partial charge >= 0.3 is 0 Å². The molecule has 0 aliphatic carbocycles. The van der Waals surface area contributed by atoms with Crippen molar-refractivity contribution in [3.8, 4) is 0 Å². The topological polar surface area (TPSA) is 44.5 Å². The molecular formula is C12H16BrNO2. The van der Waals surface area contributed by atoms with Gasteiger partial charge < -0.3 is 15.2 Å². The Hall–Kier alpha value is -0.580. The summed E-state index contributed by atoms with van der Waals surface area (Å²) in [4.78, 5) is 0. The molecule has 0 aromatic heterocycles. The first-order chi connectivity index (χ1) is 7.75. The third-order valence-electron chi connectivity index (χ3n) is 2.71. The maximum absolute atomic E-state index is 5.79. The number of benzene rings is 1. The summed E-state index contributed by atoms with van der Waals surface area (Å²) in [5.41, 5.74) is 7.66. The molecule has 1 saturated heterocycles. The zero-order chi connectivity index (χ0) is 11.4. The Balaban J connectivity index is 1.78. The van der Waals surface area contributed by atoms with Crippen LogP contribution in [0.5, 0.6) is 0 Å². The normalized spacial score (nSPS) is 20.2. The first-order valence-corrected chi connectivity index (χ1v) is 6.24. The lowest BCUT2D eigenvalue weighted by Gasteiger charge is -2.09. The van der Waals surface area contributed by atoms with Crippen LogP contribution in [0.2, 0.25) is 0 Å². The maximum atomic E-state index is 5.79. The van der Waals surface area contributed by atoms with Crippen LogP contribution < -0.4 is 5.73 Å². The molecule has 1 heterocycles. The quantitative estimate of drug-likeness (QED) is 0.865. The van der Waals surface area contributed by atoms with Crippen LogP contribution in [0, 0.1) is 5.92 Å². The number of halogens is 1. The Bertz CT molecular complexity index is 351. The van der Waals surface area contributed by atoms with Crippen molar-refractivity contribution in [2.75, 3.05) is 25.6 Å². The van der Waals surface area contributed by atoms with Crippen LogP contribution in [-0.2, 0) is 16.1 Å². The van der Waals surface area contributed by atoms with Gasteiger partial charge in [0.15, 0.2) is 0 Å². The molecule has 0 radical (unpaired) electrons. The van der Waals surface area contributed by atoms with Crippen molar-refractivity contribution in [3.63, 3.8) is 0 Å². The van der Waals surface area contributed by atoms with Gasteiger partial charge in [-0.1, -0.05) is 6.07 Å². The standard InChI is InChI=1S/C12H16BrNO2/c13-11-2-1-9(5-12(11)14)6-16-8-10-3-4-15-7-10/h1-2,5,10H,3-4,6-8,14H2. The van der Waals surface area contributed by atoms with Gasteiger partial charge in [0.05, 0.1) is 19.8 Å². The SMILES string of the molecule is Nc1cc(COCC2CCOC2)ccc1Br. The van der Waals surface area contributed by atoms with E-state index in [0.717, 1.165) is 42.0 Å². The van der Waals surface area contributed by atoms with Crippen LogP contribution in [0.15, 0.2) is 22.7 Å². The Kier molecular flexibility index (Phi) is 4.21. The van der Waals surface area contributed by atoms with E-state index in [-0.39, 0.29) is 0 Å². The lowest BCUT2D eigenvalue weighted by Crippen LogP contribution is -2.09. The molecule has 2 rings (SSSR count). The molecule has 0 spiro atoms. The molecular weight excluding hydrogens is 270 g/mol. The van der Waals surface area contributed by atoms with Crippen molar-refractivity contribution in [2.24, 2.45) is 5.92 Å². The molecule has 1 aliphatic rings. The van der Waals surface area contributed by atoms with Crippen molar-refractivity contribution in [1.82, 2.24) is 0 Å². The van der Waals surface area contributed by atoms with Gasteiger partial charge in [-0.25, -0.2) is 0 Å².